The Hall–Kier alpha value is -0.0900. The molecule has 0 aliphatic carbocycles. The average Bonchev–Trinajstić information content (AvgIpc) is 1.80. The third kappa shape index (κ3) is 4.96. The topological polar surface area (TPSA) is 54.4 Å². The Morgan fingerprint density at radius 3 is 1.86 bits per heavy atom. The Kier molecular flexibility index (Phi) is 4.16. The summed E-state index contributed by atoms with van der Waals surface area (Å²) in [6.45, 7) is 7.61. The van der Waals surface area contributed by atoms with Crippen LogP contribution in [-0.4, -0.2) is 31.1 Å². The van der Waals surface area contributed by atoms with E-state index in [0.717, 1.165) is 0 Å². The number of sulfone groups is 1. The third-order valence-corrected chi connectivity index (χ3v) is 3.82. The summed E-state index contributed by atoms with van der Waals surface area (Å²) in [6, 6.07) is 0. The molecule has 0 aliphatic rings. The maximum Gasteiger partial charge on any atom is 0.147 e. The first kappa shape index (κ1) is 13.9. The highest BCUT2D eigenvalue weighted by Crippen LogP contribution is 2.33. The second-order valence-corrected chi connectivity index (χ2v) is 7.52. The highest BCUT2D eigenvalue weighted by Gasteiger charge is 2.34. The van der Waals surface area contributed by atoms with E-state index in [4.69, 9.17) is 0 Å². The zero-order chi connectivity index (χ0) is 11.6. The van der Waals surface area contributed by atoms with Crippen LogP contribution in [0, 0.1) is 5.41 Å². The van der Waals surface area contributed by atoms with Crippen molar-refractivity contribution in [1.29, 1.82) is 0 Å². The number of rotatable bonds is 4. The Morgan fingerprint density at radius 2 is 1.57 bits per heavy atom. The van der Waals surface area contributed by atoms with Gasteiger partial charge in [-0.15, -0.1) is 0 Å². The van der Waals surface area contributed by atoms with Crippen molar-refractivity contribution in [1.82, 2.24) is 0 Å². The van der Waals surface area contributed by atoms with Crippen LogP contribution in [0.1, 0.15) is 40.5 Å². The molecule has 3 nitrogen and oxygen atoms in total. The molecule has 0 aliphatic heterocycles. The molecule has 14 heavy (non-hydrogen) atoms. The van der Waals surface area contributed by atoms with Gasteiger partial charge in [-0.05, 0) is 25.2 Å². The molecule has 4 heteroatoms. The van der Waals surface area contributed by atoms with E-state index in [2.05, 4.69) is 0 Å². The molecule has 1 N–H and O–H groups in total. The van der Waals surface area contributed by atoms with E-state index < -0.39 is 15.4 Å². The molecule has 0 spiro atoms. The monoisotopic (exact) mass is 222 g/mol. The largest absolute Gasteiger partial charge is 0.390 e. The minimum Gasteiger partial charge on any atom is -0.390 e. The van der Waals surface area contributed by atoms with E-state index in [-0.39, 0.29) is 11.2 Å². The molecule has 0 aromatic rings. The number of hydrogen-bond acceptors (Lipinski definition) is 3. The molecule has 0 bridgehead atoms. The zero-order valence-electron chi connectivity index (χ0n) is 9.79. The van der Waals surface area contributed by atoms with Crippen molar-refractivity contribution in [3.63, 3.8) is 0 Å². The fraction of sp³-hybridized carbons (Fsp3) is 1.00. The van der Waals surface area contributed by atoms with E-state index in [9.17, 15) is 13.5 Å². The van der Waals surface area contributed by atoms with Gasteiger partial charge in [0.1, 0.15) is 9.84 Å². The van der Waals surface area contributed by atoms with E-state index in [1.807, 2.05) is 20.8 Å². The van der Waals surface area contributed by atoms with Crippen molar-refractivity contribution in [3.8, 4) is 0 Å². The van der Waals surface area contributed by atoms with Crippen LogP contribution in [-0.2, 0) is 9.84 Å². The summed E-state index contributed by atoms with van der Waals surface area (Å²) in [4.78, 5) is 0. The molecular weight excluding hydrogens is 200 g/mol. The summed E-state index contributed by atoms with van der Waals surface area (Å²) in [7, 11) is -2.90. The van der Waals surface area contributed by atoms with Crippen molar-refractivity contribution in [2.75, 3.05) is 12.0 Å². The normalized spacial score (nSPS) is 17.9. The summed E-state index contributed by atoms with van der Waals surface area (Å²) in [6.07, 6.45) is 2.26. The van der Waals surface area contributed by atoms with Crippen LogP contribution in [0.25, 0.3) is 0 Å². The Labute approximate surface area is 87.4 Å². The molecule has 0 aromatic heterocycles. The molecule has 1 unspecified atom stereocenters. The Morgan fingerprint density at radius 1 is 1.14 bits per heavy atom. The summed E-state index contributed by atoms with van der Waals surface area (Å²) in [5, 5.41) is 10.1. The fourth-order valence-electron chi connectivity index (χ4n) is 1.05. The van der Waals surface area contributed by atoms with Gasteiger partial charge in [0.25, 0.3) is 0 Å². The fourth-order valence-corrected chi connectivity index (χ4v) is 1.72. The lowest BCUT2D eigenvalue weighted by atomic mass is 9.75. The van der Waals surface area contributed by atoms with Crippen molar-refractivity contribution in [2.24, 2.45) is 5.41 Å². The van der Waals surface area contributed by atoms with E-state index >= 15 is 0 Å². The van der Waals surface area contributed by atoms with E-state index in [0.29, 0.717) is 12.8 Å². The van der Waals surface area contributed by atoms with Crippen LogP contribution in [0.3, 0.4) is 0 Å². The molecule has 0 amide bonds. The molecule has 0 saturated carbocycles. The molecule has 0 rings (SSSR count). The van der Waals surface area contributed by atoms with E-state index in [1.54, 1.807) is 6.92 Å². The molecular formula is C10H22O3S. The van der Waals surface area contributed by atoms with Crippen LogP contribution in [0.4, 0.5) is 0 Å². The van der Waals surface area contributed by atoms with Crippen LogP contribution < -0.4 is 0 Å². The second kappa shape index (κ2) is 4.19. The van der Waals surface area contributed by atoms with Crippen molar-refractivity contribution < 1.29 is 13.5 Å². The first-order valence-corrected chi connectivity index (χ1v) is 6.92. The van der Waals surface area contributed by atoms with Gasteiger partial charge in [-0.2, -0.15) is 0 Å². The summed E-state index contributed by atoms with van der Waals surface area (Å²) >= 11 is 0. The molecule has 0 heterocycles. The minimum absolute atomic E-state index is 0.152. The molecule has 0 radical (unpaired) electrons. The molecule has 0 fully saturated rings. The average molecular weight is 222 g/mol. The SMILES string of the molecule is CC(C)(C)C(C)(O)CCCS(C)(=O)=O. The van der Waals surface area contributed by atoms with Crippen LogP contribution in [0.5, 0.6) is 0 Å². The van der Waals surface area contributed by atoms with Gasteiger partial charge in [0.15, 0.2) is 0 Å². The van der Waals surface area contributed by atoms with Gasteiger partial charge in [-0.3, -0.25) is 0 Å². The van der Waals surface area contributed by atoms with Crippen LogP contribution in [0.15, 0.2) is 0 Å². The molecule has 0 saturated heterocycles. The lowest BCUT2D eigenvalue weighted by molar-refractivity contribution is -0.0482. The lowest BCUT2D eigenvalue weighted by Crippen LogP contribution is -2.39. The highest BCUT2D eigenvalue weighted by atomic mass is 32.2. The van der Waals surface area contributed by atoms with Gasteiger partial charge < -0.3 is 5.11 Å². The summed E-state index contributed by atoms with van der Waals surface area (Å²) in [5.74, 6) is 0.152. The number of hydrogen-bond donors (Lipinski definition) is 1. The quantitative estimate of drug-likeness (QED) is 0.786. The second-order valence-electron chi connectivity index (χ2n) is 5.26. The van der Waals surface area contributed by atoms with Crippen LogP contribution in [0.2, 0.25) is 0 Å². The minimum atomic E-state index is -2.90. The molecule has 1 atom stereocenters. The maximum atomic E-state index is 10.9. The van der Waals surface area contributed by atoms with Crippen molar-refractivity contribution >= 4 is 9.84 Å². The Balaban J connectivity index is 4.15. The van der Waals surface area contributed by atoms with Crippen LogP contribution >= 0.6 is 0 Å². The first-order chi connectivity index (χ1) is 5.96. The summed E-state index contributed by atoms with van der Waals surface area (Å²) in [5.41, 5.74) is -1.03. The van der Waals surface area contributed by atoms with Crippen molar-refractivity contribution in [2.45, 2.75) is 46.1 Å². The Bertz CT molecular complexity index is 270. The molecule has 0 aromatic carbocycles. The summed E-state index contributed by atoms with van der Waals surface area (Å²) < 4.78 is 21.8. The molecule has 86 valence electrons. The maximum absolute atomic E-state index is 10.9. The zero-order valence-corrected chi connectivity index (χ0v) is 10.6. The van der Waals surface area contributed by atoms with Crippen molar-refractivity contribution in [3.05, 3.63) is 0 Å². The third-order valence-electron chi connectivity index (χ3n) is 2.79. The van der Waals surface area contributed by atoms with E-state index in [1.165, 1.54) is 6.26 Å². The van der Waals surface area contributed by atoms with Gasteiger partial charge in [0, 0.05) is 12.0 Å². The first-order valence-electron chi connectivity index (χ1n) is 4.86. The van der Waals surface area contributed by atoms with Gasteiger partial charge in [-0.25, -0.2) is 8.42 Å². The van der Waals surface area contributed by atoms with Gasteiger partial charge in [0.05, 0.1) is 5.60 Å². The highest BCUT2D eigenvalue weighted by molar-refractivity contribution is 7.90. The predicted octanol–water partition coefficient (Wildman–Crippen LogP) is 1.61. The standard InChI is InChI=1S/C10H22O3S/c1-9(2,3)10(4,11)7-6-8-14(5,12)13/h11H,6-8H2,1-5H3. The van der Waals surface area contributed by atoms with Gasteiger partial charge >= 0.3 is 0 Å². The number of aliphatic hydroxyl groups is 1. The predicted molar refractivity (Wildman–Crippen MR) is 59.0 cm³/mol. The van der Waals surface area contributed by atoms with Gasteiger partial charge in [0.2, 0.25) is 0 Å². The van der Waals surface area contributed by atoms with Gasteiger partial charge in [-0.1, -0.05) is 20.8 Å². The lowest BCUT2D eigenvalue weighted by Gasteiger charge is -2.37. The smallest absolute Gasteiger partial charge is 0.147 e.